The molecule has 4 bridgehead atoms. The van der Waals surface area contributed by atoms with Crippen LogP contribution in [0.4, 0.5) is 22.7 Å². The van der Waals surface area contributed by atoms with Gasteiger partial charge in [0.05, 0.1) is 17.1 Å². The predicted octanol–water partition coefficient (Wildman–Crippen LogP) is 10.7. The van der Waals surface area contributed by atoms with Gasteiger partial charge < -0.3 is 9.80 Å². The van der Waals surface area contributed by atoms with Gasteiger partial charge in [-0.2, -0.15) is 0 Å². The van der Waals surface area contributed by atoms with Crippen molar-refractivity contribution in [1.29, 1.82) is 0 Å². The normalized spacial score (nSPS) is 14.8. The molecule has 4 heterocycles. The summed E-state index contributed by atoms with van der Waals surface area (Å²) in [6, 6.07) is 23.3. The Morgan fingerprint density at radius 3 is 1.35 bits per heavy atom. The van der Waals surface area contributed by atoms with Gasteiger partial charge in [0.15, 0.2) is 0 Å². The molecule has 0 spiro atoms. The molecular weight excluding hydrogens is 522 g/mol. The molecule has 0 unspecified atom stereocenters. The van der Waals surface area contributed by atoms with Crippen LogP contribution in [-0.4, -0.2) is 11.7 Å². The van der Waals surface area contributed by atoms with Crippen LogP contribution in [0.2, 0.25) is 0 Å². The Morgan fingerprint density at radius 2 is 0.907 bits per heavy atom. The average molecular weight is 572 g/mol. The number of nitrogens with zero attached hydrogens (tertiary/aromatic N) is 3. The van der Waals surface area contributed by atoms with E-state index < -0.39 is 0 Å². The fraction of sp³-hybridized carbons (Fsp3) is 0.425. The van der Waals surface area contributed by atoms with Gasteiger partial charge in [0.25, 0.3) is 0 Å². The highest BCUT2D eigenvalue weighted by Crippen LogP contribution is 2.53. The Morgan fingerprint density at radius 1 is 0.488 bits per heavy atom. The topological polar surface area (TPSA) is 19.4 Å². The van der Waals surface area contributed by atoms with E-state index in [9.17, 15) is 0 Å². The summed E-state index contributed by atoms with van der Waals surface area (Å²) in [4.78, 5) is 10.6. The van der Waals surface area contributed by atoms with E-state index in [-0.39, 0.29) is 0 Å². The van der Waals surface area contributed by atoms with Crippen LogP contribution in [0, 0.1) is 0 Å². The first-order valence-electron chi connectivity index (χ1n) is 16.5. The van der Waals surface area contributed by atoms with Crippen LogP contribution < -0.4 is 9.80 Å². The molecule has 0 amide bonds. The van der Waals surface area contributed by atoms with Crippen molar-refractivity contribution < 1.29 is 0 Å². The fourth-order valence-corrected chi connectivity index (χ4v) is 7.23. The van der Waals surface area contributed by atoms with Crippen LogP contribution in [-0.2, 0) is 25.7 Å². The zero-order valence-electron chi connectivity index (χ0n) is 27.5. The van der Waals surface area contributed by atoms with Crippen molar-refractivity contribution in [1.82, 2.24) is 4.98 Å². The molecule has 0 saturated heterocycles. The number of hydrogen-bond acceptors (Lipinski definition) is 3. The second-order valence-corrected chi connectivity index (χ2v) is 13.9. The van der Waals surface area contributed by atoms with E-state index >= 15 is 0 Å². The van der Waals surface area contributed by atoms with Gasteiger partial charge in [0.1, 0.15) is 6.67 Å². The highest BCUT2D eigenvalue weighted by molar-refractivity contribution is 5.93. The lowest BCUT2D eigenvalue weighted by atomic mass is 9.91. The number of para-hydroxylation sites is 2. The van der Waals surface area contributed by atoms with E-state index in [4.69, 9.17) is 4.98 Å². The lowest BCUT2D eigenvalue weighted by molar-refractivity contribution is 0.804. The van der Waals surface area contributed by atoms with Crippen molar-refractivity contribution in [3.05, 3.63) is 111 Å². The number of pyridine rings is 1. The molecule has 43 heavy (non-hydrogen) atoms. The third-order valence-corrected chi connectivity index (χ3v) is 9.58. The smallest absolute Gasteiger partial charge is 0.100 e. The third kappa shape index (κ3) is 5.37. The Hall–Kier alpha value is -3.59. The molecule has 0 saturated carbocycles. The van der Waals surface area contributed by atoms with Crippen LogP contribution in [0.25, 0.3) is 0 Å². The molecule has 1 aromatic heterocycles. The van der Waals surface area contributed by atoms with Gasteiger partial charge in [0.2, 0.25) is 0 Å². The maximum absolute atomic E-state index is 5.28. The molecule has 0 radical (unpaired) electrons. The van der Waals surface area contributed by atoms with Gasteiger partial charge >= 0.3 is 0 Å². The summed E-state index contributed by atoms with van der Waals surface area (Å²) >= 11 is 0. The van der Waals surface area contributed by atoms with E-state index in [1.165, 1.54) is 67.4 Å². The number of hydrogen-bond donors (Lipinski definition) is 0. The third-order valence-electron chi connectivity index (χ3n) is 9.58. The van der Waals surface area contributed by atoms with Crippen molar-refractivity contribution in [2.24, 2.45) is 0 Å². The molecule has 0 N–H and O–H groups in total. The highest BCUT2D eigenvalue weighted by Gasteiger charge is 2.38. The van der Waals surface area contributed by atoms with Crippen molar-refractivity contribution in [3.8, 4) is 0 Å². The Bertz CT molecular complexity index is 1440. The lowest BCUT2D eigenvalue weighted by Gasteiger charge is -2.31. The summed E-state index contributed by atoms with van der Waals surface area (Å²) in [5, 5.41) is 0. The SMILES string of the molecule is CC(C)c1cccc(C(C)C)c1N1CN(c2c(C(C)C)cccc2C(C)C)c2c3ncc(c21)CCc1ccc(cc1)CC3. The number of anilines is 4. The largest absolute Gasteiger partial charge is 0.320 e. The molecule has 5 aliphatic rings. The van der Waals surface area contributed by atoms with Crippen LogP contribution in [0.15, 0.2) is 66.9 Å². The number of benzene rings is 3. The molecule has 4 aromatic rings. The Kier molecular flexibility index (Phi) is 8.11. The van der Waals surface area contributed by atoms with Crippen LogP contribution in [0.5, 0.6) is 0 Å². The van der Waals surface area contributed by atoms with Crippen molar-refractivity contribution in [2.45, 2.75) is 105 Å². The first-order valence-corrected chi connectivity index (χ1v) is 16.5. The minimum atomic E-state index is 0.420. The van der Waals surface area contributed by atoms with Gasteiger partial charge in [-0.25, -0.2) is 0 Å². The molecule has 3 aromatic carbocycles. The summed E-state index contributed by atoms with van der Waals surface area (Å²) < 4.78 is 0. The van der Waals surface area contributed by atoms with E-state index in [1.54, 1.807) is 0 Å². The molecule has 3 heteroatoms. The molecule has 224 valence electrons. The van der Waals surface area contributed by atoms with Gasteiger partial charge in [0, 0.05) is 17.6 Å². The van der Waals surface area contributed by atoms with Crippen molar-refractivity contribution in [2.75, 3.05) is 16.5 Å². The molecule has 3 aliphatic heterocycles. The quantitative estimate of drug-likeness (QED) is 0.229. The van der Waals surface area contributed by atoms with Crippen molar-refractivity contribution in [3.63, 3.8) is 0 Å². The van der Waals surface area contributed by atoms with Gasteiger partial charge in [-0.3, -0.25) is 4.98 Å². The van der Waals surface area contributed by atoms with Gasteiger partial charge in [-0.1, -0.05) is 116 Å². The highest BCUT2D eigenvalue weighted by atomic mass is 15.4. The summed E-state index contributed by atoms with van der Waals surface area (Å²) in [6.07, 6.45) is 6.13. The average Bonchev–Trinajstić information content (AvgIpc) is 3.38. The second-order valence-electron chi connectivity index (χ2n) is 13.9. The molecule has 9 rings (SSSR count). The summed E-state index contributed by atoms with van der Waals surface area (Å²) in [6.45, 7) is 19.5. The fourth-order valence-electron chi connectivity index (χ4n) is 7.23. The predicted molar refractivity (Wildman–Crippen MR) is 184 cm³/mol. The first kappa shape index (κ1) is 29.5. The number of rotatable bonds is 6. The van der Waals surface area contributed by atoms with E-state index in [0.29, 0.717) is 23.7 Å². The van der Waals surface area contributed by atoms with E-state index in [1.807, 2.05) is 0 Å². The minimum absolute atomic E-state index is 0.420. The lowest BCUT2D eigenvalue weighted by Crippen LogP contribution is -2.28. The second kappa shape index (κ2) is 11.8. The maximum Gasteiger partial charge on any atom is 0.100 e. The monoisotopic (exact) mass is 571 g/mol. The van der Waals surface area contributed by atoms with Crippen LogP contribution >= 0.6 is 0 Å². The molecule has 0 atom stereocenters. The van der Waals surface area contributed by atoms with Crippen LogP contribution in [0.3, 0.4) is 0 Å². The number of aromatic nitrogens is 1. The van der Waals surface area contributed by atoms with Crippen molar-refractivity contribution >= 4 is 22.7 Å². The first-order chi connectivity index (χ1) is 20.7. The summed E-state index contributed by atoms with van der Waals surface area (Å²) in [5.41, 5.74) is 16.6. The van der Waals surface area contributed by atoms with E-state index in [0.717, 1.165) is 32.4 Å². The molecule has 2 aliphatic carbocycles. The van der Waals surface area contributed by atoms with Crippen LogP contribution in [0.1, 0.15) is 124 Å². The number of aryl methyl sites for hydroxylation is 4. The Balaban J connectivity index is 1.67. The molecular formula is C40H49N3. The molecule has 3 nitrogen and oxygen atoms in total. The standard InChI is InChI=1S/C40H49N3/c1-25(2)32-11-9-12-33(26(3)4)38(32)42-24-43(39-34(27(5)6)13-10-14-35(39)28(7)8)40-36-22-20-30-17-15-29(16-18-30)19-21-31(23-41-36)37(40)42/h9-18,23,25-28H,19-22,24H2,1-8H3. The summed E-state index contributed by atoms with van der Waals surface area (Å²) in [5.74, 6) is 1.69. The zero-order chi connectivity index (χ0) is 30.4. The minimum Gasteiger partial charge on any atom is -0.320 e. The Labute approximate surface area is 260 Å². The van der Waals surface area contributed by atoms with E-state index in [2.05, 4.69) is 132 Å². The molecule has 0 fully saturated rings. The maximum atomic E-state index is 5.28. The van der Waals surface area contributed by atoms with Gasteiger partial charge in [-0.15, -0.1) is 0 Å². The zero-order valence-corrected chi connectivity index (χ0v) is 27.5. The summed E-state index contributed by atoms with van der Waals surface area (Å²) in [7, 11) is 0. The van der Waals surface area contributed by atoms with Gasteiger partial charge in [-0.05, 0) is 88.3 Å².